The molecule has 1 N–H and O–H groups in total. The number of nitrogens with zero attached hydrogens (tertiary/aromatic N) is 1. The largest absolute Gasteiger partial charge is 0.494 e. The van der Waals surface area contributed by atoms with Crippen molar-refractivity contribution in [2.75, 3.05) is 32.9 Å². The lowest BCUT2D eigenvalue weighted by Gasteiger charge is -2.26. The summed E-state index contributed by atoms with van der Waals surface area (Å²) in [5.74, 6) is 0.629. The Balaban J connectivity index is 1.37. The fourth-order valence-electron chi connectivity index (χ4n) is 3.80. The normalized spacial score (nSPS) is 14.1. The van der Waals surface area contributed by atoms with Crippen LogP contribution in [0, 0.1) is 0 Å². The van der Waals surface area contributed by atoms with Gasteiger partial charge < -0.3 is 14.8 Å². The van der Waals surface area contributed by atoms with Crippen LogP contribution >= 0.6 is 0 Å². The van der Waals surface area contributed by atoms with Gasteiger partial charge in [0.1, 0.15) is 5.75 Å². The van der Waals surface area contributed by atoms with E-state index in [0.717, 1.165) is 63.4 Å². The third kappa shape index (κ3) is 8.98. The van der Waals surface area contributed by atoms with Crippen LogP contribution in [0.3, 0.4) is 0 Å². The second kappa shape index (κ2) is 13.8. The van der Waals surface area contributed by atoms with E-state index in [1.54, 1.807) is 12.1 Å². The number of unbranched alkanes of at least 4 members (excludes halogenated alkanes) is 2. The van der Waals surface area contributed by atoms with Crippen LogP contribution < -0.4 is 10.1 Å². The Kier molecular flexibility index (Phi) is 10.4. The highest BCUT2D eigenvalue weighted by molar-refractivity contribution is 5.98. The summed E-state index contributed by atoms with van der Waals surface area (Å²) in [6, 6.07) is 15.5. The van der Waals surface area contributed by atoms with E-state index >= 15 is 0 Å². The molecule has 1 amide bonds. The van der Waals surface area contributed by atoms with E-state index < -0.39 is 0 Å². The summed E-state index contributed by atoms with van der Waals surface area (Å²) in [5.41, 5.74) is 2.91. The van der Waals surface area contributed by atoms with E-state index in [2.05, 4.69) is 29.3 Å². The Labute approximate surface area is 197 Å². The highest BCUT2D eigenvalue weighted by Gasteiger charge is 2.12. The minimum atomic E-state index is -0.113. The molecule has 0 spiro atoms. The summed E-state index contributed by atoms with van der Waals surface area (Å²) >= 11 is 0. The van der Waals surface area contributed by atoms with E-state index in [-0.39, 0.29) is 24.5 Å². The maximum Gasteiger partial charge on any atom is 0.220 e. The lowest BCUT2D eigenvalue weighted by molar-refractivity contribution is -0.121. The molecule has 3 rings (SSSR count). The highest BCUT2D eigenvalue weighted by atomic mass is 16.5. The van der Waals surface area contributed by atoms with Gasteiger partial charge in [0.2, 0.25) is 5.91 Å². The number of benzene rings is 2. The Morgan fingerprint density at radius 2 is 1.76 bits per heavy atom. The predicted molar refractivity (Wildman–Crippen MR) is 129 cm³/mol. The molecule has 0 aliphatic carbocycles. The van der Waals surface area contributed by atoms with Crippen LogP contribution in [-0.2, 0) is 22.6 Å². The molecule has 1 heterocycles. The maximum atomic E-state index is 12.4. The van der Waals surface area contributed by atoms with Gasteiger partial charge in [-0.2, -0.15) is 0 Å². The van der Waals surface area contributed by atoms with Gasteiger partial charge in [-0.05, 0) is 41.8 Å². The van der Waals surface area contributed by atoms with E-state index in [1.807, 2.05) is 24.3 Å². The molecule has 1 aliphatic rings. The lowest BCUT2D eigenvalue weighted by atomic mass is 10.1. The average Bonchev–Trinajstić information content (AvgIpc) is 2.85. The number of nitrogens with one attached hydrogen (secondary N) is 1. The molecule has 33 heavy (non-hydrogen) atoms. The number of Topliss-reactive ketones (excluding diaryl/α,β-unsaturated/α-hetero) is 1. The van der Waals surface area contributed by atoms with E-state index in [1.165, 1.54) is 5.56 Å². The lowest BCUT2D eigenvalue weighted by Crippen LogP contribution is -2.35. The first-order valence-corrected chi connectivity index (χ1v) is 12.0. The minimum Gasteiger partial charge on any atom is -0.494 e. The predicted octanol–water partition coefficient (Wildman–Crippen LogP) is 4.37. The molecule has 6 nitrogen and oxygen atoms in total. The van der Waals surface area contributed by atoms with Crippen molar-refractivity contribution in [2.45, 2.75) is 52.1 Å². The number of hydrogen-bond acceptors (Lipinski definition) is 5. The zero-order valence-corrected chi connectivity index (χ0v) is 19.7. The molecular weight excluding hydrogens is 416 g/mol. The van der Waals surface area contributed by atoms with E-state index in [9.17, 15) is 9.59 Å². The number of carbonyl (C=O) groups excluding carboxylic acids is 2. The first-order chi connectivity index (χ1) is 16.1. The molecule has 2 aromatic rings. The molecule has 0 atom stereocenters. The highest BCUT2D eigenvalue weighted by Crippen LogP contribution is 2.15. The first-order valence-electron chi connectivity index (χ1n) is 12.0. The van der Waals surface area contributed by atoms with Crippen molar-refractivity contribution >= 4 is 11.7 Å². The standard InChI is InChI=1S/C27H36N2O4/c1-2-3-4-16-33-25-10-8-24(9-11-25)26(30)12-13-27(31)28-20-22-6-5-7-23(19-22)21-29-14-17-32-18-15-29/h5-11,19H,2-4,12-18,20-21H2,1H3,(H,28,31). The molecule has 1 saturated heterocycles. The van der Waals surface area contributed by atoms with Crippen LogP contribution in [0.4, 0.5) is 0 Å². The monoisotopic (exact) mass is 452 g/mol. The van der Waals surface area contributed by atoms with Gasteiger partial charge in [0.15, 0.2) is 5.78 Å². The van der Waals surface area contributed by atoms with Gasteiger partial charge in [-0.15, -0.1) is 0 Å². The number of amides is 1. The molecule has 1 fully saturated rings. The fraction of sp³-hybridized carbons (Fsp3) is 0.481. The van der Waals surface area contributed by atoms with Crippen LogP contribution in [0.1, 0.15) is 60.5 Å². The van der Waals surface area contributed by atoms with Crippen molar-refractivity contribution in [3.63, 3.8) is 0 Å². The number of carbonyl (C=O) groups is 2. The summed E-state index contributed by atoms with van der Waals surface area (Å²) in [6.45, 7) is 7.67. The molecule has 2 aromatic carbocycles. The molecular formula is C27H36N2O4. The summed E-state index contributed by atoms with van der Waals surface area (Å²) in [5, 5.41) is 2.93. The van der Waals surface area contributed by atoms with Gasteiger partial charge in [0.05, 0.1) is 19.8 Å². The smallest absolute Gasteiger partial charge is 0.220 e. The Morgan fingerprint density at radius 1 is 1.00 bits per heavy atom. The van der Waals surface area contributed by atoms with Crippen molar-refractivity contribution in [2.24, 2.45) is 0 Å². The quantitative estimate of drug-likeness (QED) is 0.361. The van der Waals surface area contributed by atoms with Crippen LogP contribution in [0.15, 0.2) is 48.5 Å². The van der Waals surface area contributed by atoms with Crippen LogP contribution in [-0.4, -0.2) is 49.5 Å². The Morgan fingerprint density at radius 3 is 2.52 bits per heavy atom. The van der Waals surface area contributed by atoms with Gasteiger partial charge >= 0.3 is 0 Å². The minimum absolute atomic E-state index is 0.0322. The van der Waals surface area contributed by atoms with Crippen molar-refractivity contribution in [3.05, 3.63) is 65.2 Å². The van der Waals surface area contributed by atoms with Gasteiger partial charge in [0.25, 0.3) is 0 Å². The Bertz CT molecular complexity index is 876. The van der Waals surface area contributed by atoms with Gasteiger partial charge in [-0.1, -0.05) is 44.0 Å². The molecule has 178 valence electrons. The number of ketones is 1. The molecule has 6 heteroatoms. The second-order valence-electron chi connectivity index (χ2n) is 8.49. The number of ether oxygens (including phenoxy) is 2. The number of morpholine rings is 1. The van der Waals surface area contributed by atoms with Crippen LogP contribution in [0.2, 0.25) is 0 Å². The van der Waals surface area contributed by atoms with E-state index in [0.29, 0.717) is 18.7 Å². The van der Waals surface area contributed by atoms with Crippen LogP contribution in [0.5, 0.6) is 5.75 Å². The van der Waals surface area contributed by atoms with Gasteiger partial charge in [-0.25, -0.2) is 0 Å². The fourth-order valence-corrected chi connectivity index (χ4v) is 3.80. The average molecular weight is 453 g/mol. The number of rotatable bonds is 13. The summed E-state index contributed by atoms with van der Waals surface area (Å²) in [7, 11) is 0. The van der Waals surface area contributed by atoms with Crippen molar-refractivity contribution < 1.29 is 19.1 Å². The molecule has 0 aromatic heterocycles. The summed E-state index contributed by atoms with van der Waals surface area (Å²) in [4.78, 5) is 27.1. The molecule has 0 unspecified atom stereocenters. The summed E-state index contributed by atoms with van der Waals surface area (Å²) in [6.07, 6.45) is 3.72. The molecule has 0 bridgehead atoms. The molecule has 0 radical (unpaired) electrons. The first kappa shape index (κ1) is 24.9. The molecule has 1 aliphatic heterocycles. The SMILES string of the molecule is CCCCCOc1ccc(C(=O)CCC(=O)NCc2cccc(CN3CCOCC3)c2)cc1. The van der Waals surface area contributed by atoms with Crippen LogP contribution in [0.25, 0.3) is 0 Å². The van der Waals surface area contributed by atoms with Crippen molar-refractivity contribution in [3.8, 4) is 5.75 Å². The summed E-state index contributed by atoms with van der Waals surface area (Å²) < 4.78 is 11.1. The third-order valence-electron chi connectivity index (χ3n) is 5.76. The van der Waals surface area contributed by atoms with E-state index in [4.69, 9.17) is 9.47 Å². The maximum absolute atomic E-state index is 12.4. The van der Waals surface area contributed by atoms with Crippen molar-refractivity contribution in [1.82, 2.24) is 10.2 Å². The zero-order valence-electron chi connectivity index (χ0n) is 19.7. The van der Waals surface area contributed by atoms with Crippen molar-refractivity contribution in [1.29, 1.82) is 0 Å². The number of hydrogen-bond donors (Lipinski definition) is 1. The topological polar surface area (TPSA) is 67.9 Å². The molecule has 0 saturated carbocycles. The second-order valence-corrected chi connectivity index (χ2v) is 8.49. The third-order valence-corrected chi connectivity index (χ3v) is 5.76. The van der Waals surface area contributed by atoms with Gasteiger partial charge in [-0.3, -0.25) is 14.5 Å². The zero-order chi connectivity index (χ0) is 23.3. The van der Waals surface area contributed by atoms with Gasteiger partial charge in [0, 0.05) is 44.6 Å². The Hall–Kier alpha value is -2.70.